The predicted molar refractivity (Wildman–Crippen MR) is 53.3 cm³/mol. The second kappa shape index (κ2) is 2.67. The van der Waals surface area contributed by atoms with Crippen molar-refractivity contribution in [3.8, 4) is 0 Å². The van der Waals surface area contributed by atoms with Crippen LogP contribution >= 0.6 is 0 Å². The van der Waals surface area contributed by atoms with Gasteiger partial charge in [-0.15, -0.1) is 0 Å². The summed E-state index contributed by atoms with van der Waals surface area (Å²) in [4.78, 5) is 2.29. The van der Waals surface area contributed by atoms with Gasteiger partial charge in [0, 0.05) is 18.8 Å². The van der Waals surface area contributed by atoms with Crippen molar-refractivity contribution in [2.75, 3.05) is 11.9 Å². The Morgan fingerprint density at radius 2 is 2.00 bits per heavy atom. The zero-order chi connectivity index (χ0) is 8.55. The molecule has 62 valence electrons. The summed E-state index contributed by atoms with van der Waals surface area (Å²) in [5.41, 5.74) is 2.64. The predicted octanol–water partition coefficient (Wildman–Crippen LogP) is 2.54. The lowest BCUT2D eigenvalue weighted by atomic mass is 10.1. The second-order valence-corrected chi connectivity index (χ2v) is 3.27. The highest BCUT2D eigenvalue weighted by Crippen LogP contribution is 2.26. The molecule has 1 aliphatic heterocycles. The molecule has 1 aliphatic rings. The third-order valence-corrected chi connectivity index (χ3v) is 2.48. The van der Waals surface area contributed by atoms with Crippen LogP contribution in [0.2, 0.25) is 0 Å². The molecule has 0 radical (unpaired) electrons. The number of benzene rings is 1. The van der Waals surface area contributed by atoms with E-state index in [-0.39, 0.29) is 0 Å². The fourth-order valence-corrected chi connectivity index (χ4v) is 1.54. The number of anilines is 1. The van der Waals surface area contributed by atoms with E-state index >= 15 is 0 Å². The zero-order valence-corrected chi connectivity index (χ0v) is 7.49. The van der Waals surface area contributed by atoms with Crippen LogP contribution in [0.15, 0.2) is 30.3 Å². The van der Waals surface area contributed by atoms with E-state index in [2.05, 4.69) is 55.3 Å². The van der Waals surface area contributed by atoms with Crippen molar-refractivity contribution in [2.24, 2.45) is 0 Å². The summed E-state index contributed by atoms with van der Waals surface area (Å²) in [6.07, 6.45) is 4.42. The van der Waals surface area contributed by atoms with Crippen LogP contribution in [0.25, 0.3) is 6.08 Å². The minimum absolute atomic E-state index is 0.514. The minimum Gasteiger partial charge on any atom is -0.368 e. The molecule has 0 fully saturated rings. The number of rotatable bonds is 0. The van der Waals surface area contributed by atoms with Gasteiger partial charge >= 0.3 is 0 Å². The van der Waals surface area contributed by atoms with Crippen LogP contribution in [0.3, 0.4) is 0 Å². The molecule has 1 aromatic rings. The van der Waals surface area contributed by atoms with Crippen LogP contribution in [0, 0.1) is 0 Å². The van der Waals surface area contributed by atoms with Crippen LogP contribution in [0.1, 0.15) is 12.5 Å². The molecule has 1 heteroatoms. The van der Waals surface area contributed by atoms with Crippen LogP contribution in [-0.2, 0) is 0 Å². The van der Waals surface area contributed by atoms with E-state index < -0.39 is 0 Å². The first-order valence-electron chi connectivity index (χ1n) is 4.29. The maximum atomic E-state index is 2.29. The van der Waals surface area contributed by atoms with Crippen molar-refractivity contribution in [1.82, 2.24) is 0 Å². The van der Waals surface area contributed by atoms with Gasteiger partial charge in [0.15, 0.2) is 0 Å². The maximum Gasteiger partial charge on any atom is 0.0445 e. The van der Waals surface area contributed by atoms with E-state index in [0.29, 0.717) is 6.04 Å². The molecule has 1 heterocycles. The first-order chi connectivity index (χ1) is 5.79. The first-order valence-corrected chi connectivity index (χ1v) is 4.29. The average molecular weight is 159 g/mol. The van der Waals surface area contributed by atoms with Gasteiger partial charge in [-0.2, -0.15) is 0 Å². The molecule has 1 atom stereocenters. The van der Waals surface area contributed by atoms with Crippen molar-refractivity contribution in [2.45, 2.75) is 13.0 Å². The summed E-state index contributed by atoms with van der Waals surface area (Å²) < 4.78 is 0. The maximum absolute atomic E-state index is 2.29. The Morgan fingerprint density at radius 1 is 1.25 bits per heavy atom. The Labute approximate surface area is 73.3 Å². The van der Waals surface area contributed by atoms with Crippen molar-refractivity contribution in [3.05, 3.63) is 35.9 Å². The molecule has 0 aromatic heterocycles. The van der Waals surface area contributed by atoms with E-state index in [0.717, 1.165) is 0 Å². The number of hydrogen-bond donors (Lipinski definition) is 0. The molecule has 1 aromatic carbocycles. The Balaban J connectivity index is 2.52. The molecule has 1 nitrogen and oxygen atoms in total. The molecule has 0 N–H and O–H groups in total. The van der Waals surface area contributed by atoms with E-state index in [9.17, 15) is 0 Å². The third kappa shape index (κ3) is 1.02. The smallest absolute Gasteiger partial charge is 0.0445 e. The quantitative estimate of drug-likeness (QED) is 0.562. The van der Waals surface area contributed by atoms with Crippen molar-refractivity contribution < 1.29 is 0 Å². The van der Waals surface area contributed by atoms with Gasteiger partial charge in [-0.3, -0.25) is 0 Å². The fourth-order valence-electron chi connectivity index (χ4n) is 1.54. The van der Waals surface area contributed by atoms with Gasteiger partial charge in [-0.1, -0.05) is 30.4 Å². The first kappa shape index (κ1) is 7.41. The molecule has 0 amide bonds. The fraction of sp³-hybridized carbons (Fsp3) is 0.273. The summed E-state index contributed by atoms with van der Waals surface area (Å²) in [6, 6.07) is 8.98. The molecule has 0 aliphatic carbocycles. The van der Waals surface area contributed by atoms with Gasteiger partial charge in [0.05, 0.1) is 0 Å². The van der Waals surface area contributed by atoms with Gasteiger partial charge in [-0.05, 0) is 18.6 Å². The van der Waals surface area contributed by atoms with Gasteiger partial charge in [0.2, 0.25) is 0 Å². The van der Waals surface area contributed by atoms with Crippen molar-refractivity contribution in [3.63, 3.8) is 0 Å². The molecular formula is C11H13N. The Kier molecular flexibility index (Phi) is 1.65. The standard InChI is InChI=1S/C11H13N/c1-9-7-8-10-5-3-4-6-11(10)12(9)2/h3-9H,1-2H3/t9-/m1/s1. The molecule has 0 spiro atoms. The summed E-state index contributed by atoms with van der Waals surface area (Å²) in [5.74, 6) is 0. The number of hydrogen-bond acceptors (Lipinski definition) is 1. The molecule has 0 unspecified atom stereocenters. The highest BCUT2D eigenvalue weighted by molar-refractivity contribution is 5.71. The number of likely N-dealkylation sites (N-methyl/N-ethyl adjacent to an activating group) is 1. The van der Waals surface area contributed by atoms with Gasteiger partial charge in [-0.25, -0.2) is 0 Å². The normalized spacial score (nSPS) is 20.8. The Bertz CT molecular complexity index is 315. The monoisotopic (exact) mass is 159 g/mol. The lowest BCUT2D eigenvalue weighted by molar-refractivity contribution is 0.817. The van der Waals surface area contributed by atoms with Crippen LogP contribution in [0.4, 0.5) is 5.69 Å². The SMILES string of the molecule is C[C@@H]1C=Cc2ccccc2N1C. The van der Waals surface area contributed by atoms with E-state index in [4.69, 9.17) is 0 Å². The number of fused-ring (bicyclic) bond motifs is 1. The zero-order valence-electron chi connectivity index (χ0n) is 7.49. The summed E-state index contributed by atoms with van der Waals surface area (Å²) in [5, 5.41) is 0. The second-order valence-electron chi connectivity index (χ2n) is 3.27. The molecular weight excluding hydrogens is 146 g/mol. The number of para-hydroxylation sites is 1. The summed E-state index contributed by atoms with van der Waals surface area (Å²) >= 11 is 0. The number of nitrogens with zero attached hydrogens (tertiary/aromatic N) is 1. The molecule has 0 bridgehead atoms. The van der Waals surface area contributed by atoms with Crippen LogP contribution in [0.5, 0.6) is 0 Å². The van der Waals surface area contributed by atoms with Crippen LogP contribution in [-0.4, -0.2) is 13.1 Å². The molecule has 0 saturated carbocycles. The Morgan fingerprint density at radius 3 is 2.83 bits per heavy atom. The van der Waals surface area contributed by atoms with Gasteiger partial charge in [0.1, 0.15) is 0 Å². The van der Waals surface area contributed by atoms with Crippen molar-refractivity contribution in [1.29, 1.82) is 0 Å². The van der Waals surface area contributed by atoms with E-state index in [1.807, 2.05) is 0 Å². The molecule has 0 saturated heterocycles. The van der Waals surface area contributed by atoms with Gasteiger partial charge in [0.25, 0.3) is 0 Å². The van der Waals surface area contributed by atoms with E-state index in [1.165, 1.54) is 11.3 Å². The van der Waals surface area contributed by atoms with Gasteiger partial charge < -0.3 is 4.90 Å². The third-order valence-electron chi connectivity index (χ3n) is 2.48. The minimum atomic E-state index is 0.514. The largest absolute Gasteiger partial charge is 0.368 e. The average Bonchev–Trinajstić information content (AvgIpc) is 2.12. The molecule has 2 rings (SSSR count). The topological polar surface area (TPSA) is 3.24 Å². The van der Waals surface area contributed by atoms with Crippen molar-refractivity contribution >= 4 is 11.8 Å². The lowest BCUT2D eigenvalue weighted by Gasteiger charge is -2.29. The highest BCUT2D eigenvalue weighted by atomic mass is 15.1. The molecule has 12 heavy (non-hydrogen) atoms. The Hall–Kier alpha value is -1.24. The summed E-state index contributed by atoms with van der Waals surface area (Å²) in [7, 11) is 2.13. The lowest BCUT2D eigenvalue weighted by Crippen LogP contribution is -2.29. The highest BCUT2D eigenvalue weighted by Gasteiger charge is 2.13. The van der Waals surface area contributed by atoms with E-state index in [1.54, 1.807) is 0 Å². The van der Waals surface area contributed by atoms with Crippen LogP contribution < -0.4 is 4.90 Å². The summed E-state index contributed by atoms with van der Waals surface area (Å²) in [6.45, 7) is 2.20.